The Morgan fingerprint density at radius 2 is 2.11 bits per heavy atom. The highest BCUT2D eigenvalue weighted by molar-refractivity contribution is 5.77. The van der Waals surface area contributed by atoms with Crippen molar-refractivity contribution in [3.63, 3.8) is 0 Å². The van der Waals surface area contributed by atoms with E-state index in [0.717, 1.165) is 37.3 Å². The Hall–Kier alpha value is -1.62. The topological polar surface area (TPSA) is 85.2 Å². The molecular formula is C13H20N4O. The Labute approximate surface area is 107 Å². The van der Waals surface area contributed by atoms with E-state index in [-0.39, 0.29) is 17.9 Å². The Bertz CT molecular complexity index is 408. The first-order chi connectivity index (χ1) is 8.58. The van der Waals surface area contributed by atoms with Gasteiger partial charge in [-0.15, -0.1) is 0 Å². The van der Waals surface area contributed by atoms with E-state index in [2.05, 4.69) is 9.88 Å². The van der Waals surface area contributed by atoms with Gasteiger partial charge in [-0.1, -0.05) is 0 Å². The number of piperidine rings is 1. The van der Waals surface area contributed by atoms with Crippen LogP contribution < -0.4 is 16.4 Å². The second-order valence-corrected chi connectivity index (χ2v) is 4.89. The normalized spacial score (nSPS) is 18.7. The van der Waals surface area contributed by atoms with E-state index in [1.165, 1.54) is 0 Å². The van der Waals surface area contributed by atoms with E-state index in [4.69, 9.17) is 11.5 Å². The number of nitrogens with zero attached hydrogens (tertiary/aromatic N) is 2. The third kappa shape index (κ3) is 2.79. The van der Waals surface area contributed by atoms with Gasteiger partial charge in [0.05, 0.1) is 17.6 Å². The molecule has 0 aliphatic carbocycles. The van der Waals surface area contributed by atoms with Crippen LogP contribution in [0.3, 0.4) is 0 Å². The Kier molecular flexibility index (Phi) is 3.81. The molecule has 1 saturated heterocycles. The molecule has 18 heavy (non-hydrogen) atoms. The fourth-order valence-corrected chi connectivity index (χ4v) is 2.28. The van der Waals surface area contributed by atoms with Gasteiger partial charge in [-0.2, -0.15) is 0 Å². The number of aromatic nitrogens is 1. The number of amides is 1. The summed E-state index contributed by atoms with van der Waals surface area (Å²) >= 11 is 0. The molecule has 1 aromatic rings. The number of primary amides is 1. The first-order valence-corrected chi connectivity index (χ1v) is 6.33. The van der Waals surface area contributed by atoms with Crippen molar-refractivity contribution in [2.75, 3.05) is 18.0 Å². The zero-order chi connectivity index (χ0) is 13.1. The van der Waals surface area contributed by atoms with Gasteiger partial charge in [0.15, 0.2) is 0 Å². The van der Waals surface area contributed by atoms with Gasteiger partial charge in [-0.3, -0.25) is 9.78 Å². The number of anilines is 1. The number of hydrogen-bond donors (Lipinski definition) is 2. The zero-order valence-corrected chi connectivity index (χ0v) is 10.7. The summed E-state index contributed by atoms with van der Waals surface area (Å²) in [7, 11) is 0. The number of pyridine rings is 1. The zero-order valence-electron chi connectivity index (χ0n) is 10.7. The second-order valence-electron chi connectivity index (χ2n) is 4.89. The average Bonchev–Trinajstić information content (AvgIpc) is 2.39. The molecule has 4 N–H and O–H groups in total. The summed E-state index contributed by atoms with van der Waals surface area (Å²) in [4.78, 5) is 17.7. The van der Waals surface area contributed by atoms with Crippen LogP contribution >= 0.6 is 0 Å². The van der Waals surface area contributed by atoms with E-state index >= 15 is 0 Å². The van der Waals surface area contributed by atoms with Crippen molar-refractivity contribution in [3.05, 3.63) is 24.0 Å². The summed E-state index contributed by atoms with van der Waals surface area (Å²) < 4.78 is 0. The van der Waals surface area contributed by atoms with Crippen LogP contribution in [0.1, 0.15) is 31.5 Å². The molecule has 1 aliphatic heterocycles. The lowest BCUT2D eigenvalue weighted by molar-refractivity contribution is -0.122. The van der Waals surface area contributed by atoms with Crippen molar-refractivity contribution in [1.29, 1.82) is 0 Å². The molecule has 1 amide bonds. The monoisotopic (exact) mass is 248 g/mol. The fraction of sp³-hybridized carbons (Fsp3) is 0.538. The van der Waals surface area contributed by atoms with E-state index in [9.17, 15) is 4.79 Å². The number of hydrogen-bond acceptors (Lipinski definition) is 4. The smallest absolute Gasteiger partial charge is 0.220 e. The van der Waals surface area contributed by atoms with Crippen LogP contribution in [0.25, 0.3) is 0 Å². The number of carbonyl (C=O) groups is 1. The van der Waals surface area contributed by atoms with Crippen molar-refractivity contribution in [2.45, 2.75) is 25.8 Å². The lowest BCUT2D eigenvalue weighted by Crippen LogP contribution is -2.38. The molecule has 98 valence electrons. The summed E-state index contributed by atoms with van der Waals surface area (Å²) in [5.41, 5.74) is 13.1. The Morgan fingerprint density at radius 1 is 1.44 bits per heavy atom. The second kappa shape index (κ2) is 5.35. The van der Waals surface area contributed by atoms with E-state index < -0.39 is 0 Å². The molecule has 0 bridgehead atoms. The molecular weight excluding hydrogens is 228 g/mol. The molecule has 1 atom stereocenters. The van der Waals surface area contributed by atoms with Crippen LogP contribution in [0.15, 0.2) is 18.3 Å². The lowest BCUT2D eigenvalue weighted by atomic mass is 9.96. The summed E-state index contributed by atoms with van der Waals surface area (Å²) in [6.07, 6.45) is 3.50. The molecule has 2 rings (SSSR count). The first kappa shape index (κ1) is 12.8. The van der Waals surface area contributed by atoms with Crippen molar-refractivity contribution in [2.24, 2.45) is 17.4 Å². The molecule has 0 saturated carbocycles. The molecule has 2 heterocycles. The van der Waals surface area contributed by atoms with Crippen molar-refractivity contribution in [1.82, 2.24) is 4.98 Å². The van der Waals surface area contributed by atoms with Gasteiger partial charge in [0.2, 0.25) is 5.91 Å². The van der Waals surface area contributed by atoms with Crippen LogP contribution in [0.4, 0.5) is 5.69 Å². The molecule has 1 aromatic heterocycles. The maximum atomic E-state index is 11.1. The maximum Gasteiger partial charge on any atom is 0.220 e. The standard InChI is InChI=1S/C13H20N4O/c1-9(14)12-3-2-11(8-16-12)17-6-4-10(5-7-17)13(15)18/h2-3,8-10H,4-7,14H2,1H3,(H2,15,18)/t9-/m0/s1. The van der Waals surface area contributed by atoms with Crippen LogP contribution in [0.5, 0.6) is 0 Å². The van der Waals surface area contributed by atoms with Gasteiger partial charge in [-0.25, -0.2) is 0 Å². The third-order valence-corrected chi connectivity index (χ3v) is 3.50. The molecule has 1 aliphatic rings. The molecule has 0 unspecified atom stereocenters. The minimum Gasteiger partial charge on any atom is -0.370 e. The van der Waals surface area contributed by atoms with Crippen molar-refractivity contribution in [3.8, 4) is 0 Å². The van der Waals surface area contributed by atoms with Crippen LogP contribution in [0, 0.1) is 5.92 Å². The molecule has 0 spiro atoms. The van der Waals surface area contributed by atoms with Gasteiger partial charge in [0, 0.05) is 25.0 Å². The molecule has 0 aromatic carbocycles. The number of nitrogens with two attached hydrogens (primary N) is 2. The highest BCUT2D eigenvalue weighted by Gasteiger charge is 2.23. The van der Waals surface area contributed by atoms with E-state index in [0.29, 0.717) is 0 Å². The molecule has 0 radical (unpaired) electrons. The van der Waals surface area contributed by atoms with Crippen LogP contribution in [-0.2, 0) is 4.79 Å². The van der Waals surface area contributed by atoms with Crippen molar-refractivity contribution >= 4 is 11.6 Å². The molecule has 1 fully saturated rings. The number of carbonyl (C=O) groups excluding carboxylic acids is 1. The summed E-state index contributed by atoms with van der Waals surface area (Å²) in [6.45, 7) is 3.62. The maximum absolute atomic E-state index is 11.1. The highest BCUT2D eigenvalue weighted by Crippen LogP contribution is 2.23. The highest BCUT2D eigenvalue weighted by atomic mass is 16.1. The molecule has 5 nitrogen and oxygen atoms in total. The van der Waals surface area contributed by atoms with E-state index in [1.807, 2.05) is 25.3 Å². The van der Waals surface area contributed by atoms with Crippen LogP contribution in [-0.4, -0.2) is 24.0 Å². The largest absolute Gasteiger partial charge is 0.370 e. The third-order valence-electron chi connectivity index (χ3n) is 3.50. The van der Waals surface area contributed by atoms with Gasteiger partial charge in [0.25, 0.3) is 0 Å². The minimum atomic E-state index is -0.180. The SMILES string of the molecule is C[C@H](N)c1ccc(N2CCC(C(N)=O)CC2)cn1. The van der Waals surface area contributed by atoms with Gasteiger partial charge >= 0.3 is 0 Å². The Morgan fingerprint density at radius 3 is 2.56 bits per heavy atom. The van der Waals surface area contributed by atoms with Gasteiger partial charge in [0.1, 0.15) is 0 Å². The average molecular weight is 248 g/mol. The number of rotatable bonds is 3. The summed E-state index contributed by atoms with van der Waals surface area (Å²) in [5.74, 6) is -0.155. The summed E-state index contributed by atoms with van der Waals surface area (Å²) in [5, 5.41) is 0. The van der Waals surface area contributed by atoms with Crippen LogP contribution in [0.2, 0.25) is 0 Å². The van der Waals surface area contributed by atoms with E-state index in [1.54, 1.807) is 0 Å². The first-order valence-electron chi connectivity index (χ1n) is 6.33. The predicted octanol–water partition coefficient (Wildman–Crippen LogP) is 0.803. The quantitative estimate of drug-likeness (QED) is 0.828. The van der Waals surface area contributed by atoms with Gasteiger partial charge in [-0.05, 0) is 31.9 Å². The predicted molar refractivity (Wildman–Crippen MR) is 71.0 cm³/mol. The Balaban J connectivity index is 1.99. The van der Waals surface area contributed by atoms with Crippen molar-refractivity contribution < 1.29 is 4.79 Å². The summed E-state index contributed by atoms with van der Waals surface area (Å²) in [6, 6.07) is 3.95. The minimum absolute atomic E-state index is 0.0255. The fourth-order valence-electron chi connectivity index (χ4n) is 2.28. The lowest BCUT2D eigenvalue weighted by Gasteiger charge is -2.32. The molecule has 5 heteroatoms. The van der Waals surface area contributed by atoms with Gasteiger partial charge < -0.3 is 16.4 Å².